The molecule has 0 bridgehead atoms. The number of nitrogens with one attached hydrogen (secondary N) is 1. The zero-order valence-corrected chi connectivity index (χ0v) is 14.2. The molecule has 0 atom stereocenters. The number of hydrogen-bond acceptors (Lipinski definition) is 6. The Balaban J connectivity index is 2.25. The van der Waals surface area contributed by atoms with E-state index < -0.39 is 10.5 Å². The van der Waals surface area contributed by atoms with Crippen LogP contribution in [-0.2, 0) is 0 Å². The minimum atomic E-state index is -0.583. The van der Waals surface area contributed by atoms with Crippen molar-refractivity contribution in [2.45, 2.75) is 0 Å². The van der Waals surface area contributed by atoms with E-state index in [1.165, 1.54) is 19.2 Å². The number of pyridine rings is 1. The number of nitrogens with zero attached hydrogens (tertiary/aromatic N) is 2. The second-order valence-corrected chi connectivity index (χ2v) is 5.68. The first-order valence-corrected chi connectivity index (χ1v) is 7.80. The van der Waals surface area contributed by atoms with Gasteiger partial charge in [0, 0.05) is 23.0 Å². The second kappa shape index (κ2) is 7.01. The summed E-state index contributed by atoms with van der Waals surface area (Å²) in [4.78, 5) is 25.7. The van der Waals surface area contributed by atoms with Crippen molar-refractivity contribution in [1.82, 2.24) is 4.98 Å². The normalized spacial score (nSPS) is 10.2. The summed E-state index contributed by atoms with van der Waals surface area (Å²) in [6, 6.07) is 14.6. The maximum absolute atomic E-state index is 12.4. The molecular formula is C19H14N4O4. The average molecular weight is 362 g/mol. The van der Waals surface area contributed by atoms with E-state index in [4.69, 9.17) is 10.5 Å². The maximum atomic E-state index is 12.4. The van der Waals surface area contributed by atoms with E-state index >= 15 is 0 Å². The van der Waals surface area contributed by atoms with Crippen molar-refractivity contribution in [2.75, 3.05) is 12.8 Å². The second-order valence-electron chi connectivity index (χ2n) is 5.68. The molecule has 3 aromatic rings. The lowest BCUT2D eigenvalue weighted by Gasteiger charge is -2.09. The minimum absolute atomic E-state index is 0.0888. The molecule has 27 heavy (non-hydrogen) atoms. The molecule has 0 aliphatic carbocycles. The van der Waals surface area contributed by atoms with Gasteiger partial charge in [0.05, 0.1) is 12.0 Å². The van der Waals surface area contributed by atoms with Crippen molar-refractivity contribution in [3.8, 4) is 34.2 Å². The number of nitrogen functional groups attached to an aromatic ring is 1. The van der Waals surface area contributed by atoms with Crippen molar-refractivity contribution in [3.05, 3.63) is 74.6 Å². The van der Waals surface area contributed by atoms with Crippen LogP contribution in [0.15, 0.2) is 53.3 Å². The number of hydrogen-bond donors (Lipinski definition) is 2. The fraction of sp³-hybridized carbons (Fsp3) is 0.0526. The van der Waals surface area contributed by atoms with Gasteiger partial charge in [0.25, 0.3) is 5.56 Å². The monoisotopic (exact) mass is 362 g/mol. The first-order valence-electron chi connectivity index (χ1n) is 7.80. The van der Waals surface area contributed by atoms with Crippen LogP contribution in [0.3, 0.4) is 0 Å². The van der Waals surface area contributed by atoms with Crippen LogP contribution in [0, 0.1) is 21.4 Å². The van der Waals surface area contributed by atoms with E-state index in [-0.39, 0.29) is 17.0 Å². The minimum Gasteiger partial charge on any atom is -0.490 e. The molecule has 8 heteroatoms. The van der Waals surface area contributed by atoms with Crippen LogP contribution < -0.4 is 16.0 Å². The number of nitrogens with two attached hydrogens (primary N) is 1. The lowest BCUT2D eigenvalue weighted by atomic mass is 9.98. The fourth-order valence-electron chi connectivity index (χ4n) is 2.72. The molecule has 3 N–H and O–H groups in total. The highest BCUT2D eigenvalue weighted by Crippen LogP contribution is 2.34. The van der Waals surface area contributed by atoms with Gasteiger partial charge in [-0.25, -0.2) is 0 Å². The van der Waals surface area contributed by atoms with E-state index in [0.29, 0.717) is 28.1 Å². The van der Waals surface area contributed by atoms with Crippen molar-refractivity contribution < 1.29 is 9.66 Å². The van der Waals surface area contributed by atoms with Gasteiger partial charge in [-0.1, -0.05) is 18.2 Å². The topological polar surface area (TPSA) is 135 Å². The van der Waals surface area contributed by atoms with Crippen LogP contribution in [0.5, 0.6) is 5.75 Å². The van der Waals surface area contributed by atoms with Gasteiger partial charge in [-0.15, -0.1) is 0 Å². The largest absolute Gasteiger partial charge is 0.490 e. The van der Waals surface area contributed by atoms with Crippen LogP contribution in [-0.4, -0.2) is 17.0 Å². The van der Waals surface area contributed by atoms with Crippen molar-refractivity contribution in [1.29, 1.82) is 5.26 Å². The van der Waals surface area contributed by atoms with Gasteiger partial charge in [0.1, 0.15) is 11.6 Å². The number of aromatic nitrogens is 1. The van der Waals surface area contributed by atoms with Gasteiger partial charge >= 0.3 is 5.69 Å². The van der Waals surface area contributed by atoms with Crippen LogP contribution >= 0.6 is 0 Å². The Bertz CT molecular complexity index is 1130. The molecule has 134 valence electrons. The van der Waals surface area contributed by atoms with Crippen molar-refractivity contribution in [2.24, 2.45) is 0 Å². The van der Waals surface area contributed by atoms with Gasteiger partial charge in [0.2, 0.25) is 0 Å². The molecule has 1 heterocycles. The zero-order chi connectivity index (χ0) is 19.6. The van der Waals surface area contributed by atoms with Crippen molar-refractivity contribution >= 4 is 11.4 Å². The molecule has 0 unspecified atom stereocenters. The Labute approximate surface area is 153 Å². The summed E-state index contributed by atoms with van der Waals surface area (Å²) >= 11 is 0. The summed E-state index contributed by atoms with van der Waals surface area (Å²) in [5.74, 6) is 0.0888. The lowest BCUT2D eigenvalue weighted by Crippen LogP contribution is -2.12. The Hall–Kier alpha value is -4.12. The molecule has 0 saturated heterocycles. The summed E-state index contributed by atoms with van der Waals surface area (Å²) in [5.41, 5.74) is 7.09. The molecule has 3 rings (SSSR count). The van der Waals surface area contributed by atoms with Crippen LogP contribution in [0.1, 0.15) is 5.56 Å². The molecule has 0 aliphatic heterocycles. The highest BCUT2D eigenvalue weighted by molar-refractivity contribution is 5.77. The molecule has 0 spiro atoms. The molecule has 2 aromatic carbocycles. The highest BCUT2D eigenvalue weighted by atomic mass is 16.6. The summed E-state index contributed by atoms with van der Waals surface area (Å²) < 4.78 is 5.00. The predicted molar refractivity (Wildman–Crippen MR) is 100 cm³/mol. The van der Waals surface area contributed by atoms with E-state index in [1.54, 1.807) is 36.4 Å². The highest BCUT2D eigenvalue weighted by Gasteiger charge is 2.19. The Morgan fingerprint density at radius 1 is 1.15 bits per heavy atom. The Morgan fingerprint density at radius 3 is 2.41 bits per heavy atom. The average Bonchev–Trinajstić information content (AvgIpc) is 2.67. The number of benzene rings is 2. The molecular weight excluding hydrogens is 348 g/mol. The molecule has 8 nitrogen and oxygen atoms in total. The van der Waals surface area contributed by atoms with Gasteiger partial charge < -0.3 is 15.5 Å². The molecule has 0 amide bonds. The third-order valence-corrected chi connectivity index (χ3v) is 4.05. The van der Waals surface area contributed by atoms with Crippen molar-refractivity contribution in [3.63, 3.8) is 0 Å². The third kappa shape index (κ3) is 3.34. The lowest BCUT2D eigenvalue weighted by molar-refractivity contribution is -0.385. The smallest absolute Gasteiger partial charge is 0.311 e. The van der Waals surface area contributed by atoms with E-state index in [1.807, 2.05) is 6.07 Å². The number of anilines is 1. The van der Waals surface area contributed by atoms with Crippen LogP contribution in [0.4, 0.5) is 11.4 Å². The standard InChI is InChI=1S/C19H14N4O4/c1-27-18-7-4-12(8-17(18)23(25)26)14-9-16(22-19(24)15(14)10-20)11-2-5-13(21)6-3-11/h2-9H,21H2,1H3,(H,22,24). The van der Waals surface area contributed by atoms with Gasteiger partial charge in [-0.3, -0.25) is 14.9 Å². The number of H-pyrrole nitrogens is 1. The molecule has 1 aromatic heterocycles. The Morgan fingerprint density at radius 2 is 1.81 bits per heavy atom. The molecule has 0 radical (unpaired) electrons. The molecule has 0 saturated carbocycles. The van der Waals surface area contributed by atoms with Gasteiger partial charge in [-0.05, 0) is 35.4 Å². The Kier molecular flexibility index (Phi) is 4.60. The summed E-state index contributed by atoms with van der Waals surface area (Å²) in [6.45, 7) is 0. The van der Waals surface area contributed by atoms with Gasteiger partial charge in [0.15, 0.2) is 5.75 Å². The van der Waals surface area contributed by atoms with E-state index in [0.717, 1.165) is 0 Å². The SMILES string of the molecule is COc1ccc(-c2cc(-c3ccc(N)cc3)[nH]c(=O)c2C#N)cc1[N+](=O)[O-]. The fourth-order valence-corrected chi connectivity index (χ4v) is 2.72. The number of nitriles is 1. The summed E-state index contributed by atoms with van der Waals surface area (Å²) in [6.07, 6.45) is 0. The molecule has 0 aliphatic rings. The number of ether oxygens (including phenoxy) is 1. The number of nitro groups is 1. The first-order chi connectivity index (χ1) is 12.9. The quantitative estimate of drug-likeness (QED) is 0.416. The van der Waals surface area contributed by atoms with Crippen LogP contribution in [0.25, 0.3) is 22.4 Å². The molecule has 0 fully saturated rings. The number of rotatable bonds is 4. The number of aromatic amines is 1. The van der Waals surface area contributed by atoms with Crippen LogP contribution in [0.2, 0.25) is 0 Å². The van der Waals surface area contributed by atoms with E-state index in [2.05, 4.69) is 4.98 Å². The first kappa shape index (κ1) is 17.7. The summed E-state index contributed by atoms with van der Waals surface area (Å²) in [7, 11) is 1.33. The zero-order valence-electron chi connectivity index (χ0n) is 14.2. The predicted octanol–water partition coefficient (Wildman–Crippen LogP) is 3.08. The van der Waals surface area contributed by atoms with Gasteiger partial charge in [-0.2, -0.15) is 5.26 Å². The third-order valence-electron chi connectivity index (χ3n) is 4.05. The number of methoxy groups -OCH3 is 1. The van der Waals surface area contributed by atoms with E-state index in [9.17, 15) is 20.2 Å². The maximum Gasteiger partial charge on any atom is 0.311 e. The number of nitro benzene ring substituents is 1. The summed E-state index contributed by atoms with van der Waals surface area (Å²) in [5, 5.41) is 20.7.